The van der Waals surface area contributed by atoms with Gasteiger partial charge in [0.1, 0.15) is 17.3 Å². The van der Waals surface area contributed by atoms with Crippen molar-refractivity contribution < 1.29 is 4.74 Å². The molecule has 0 spiro atoms. The summed E-state index contributed by atoms with van der Waals surface area (Å²) in [5.74, 6) is 1.24. The minimum Gasteiger partial charge on any atom is -0.456 e. The van der Waals surface area contributed by atoms with Crippen LogP contribution in [0.4, 0.5) is 0 Å². The van der Waals surface area contributed by atoms with Crippen LogP contribution in [0.25, 0.3) is 0 Å². The summed E-state index contributed by atoms with van der Waals surface area (Å²) in [6.45, 7) is 1.97. The molecule has 0 aliphatic rings. The Labute approximate surface area is 125 Å². The molecule has 0 radical (unpaired) electrons. The van der Waals surface area contributed by atoms with Crippen LogP contribution < -0.4 is 10.5 Å². The first-order chi connectivity index (χ1) is 8.97. The fourth-order valence-electron chi connectivity index (χ4n) is 1.59. The molecule has 0 aromatic heterocycles. The van der Waals surface area contributed by atoms with E-state index in [2.05, 4.69) is 15.9 Å². The average Bonchev–Trinajstić information content (AvgIpc) is 2.33. The summed E-state index contributed by atoms with van der Waals surface area (Å²) in [6, 6.07) is 10.8. The Bertz CT molecular complexity index is 643. The monoisotopic (exact) mass is 338 g/mol. The second-order valence-corrected chi connectivity index (χ2v) is 5.35. The van der Waals surface area contributed by atoms with Crippen molar-refractivity contribution in [1.29, 1.82) is 5.41 Å². The van der Waals surface area contributed by atoms with Gasteiger partial charge in [-0.25, -0.2) is 0 Å². The van der Waals surface area contributed by atoms with Gasteiger partial charge in [-0.15, -0.1) is 0 Å². The summed E-state index contributed by atoms with van der Waals surface area (Å²) in [4.78, 5) is 0. The lowest BCUT2D eigenvalue weighted by atomic mass is 10.2. The molecule has 0 fully saturated rings. The maximum Gasteiger partial charge on any atom is 0.146 e. The van der Waals surface area contributed by atoms with E-state index in [0.717, 1.165) is 5.56 Å². The Morgan fingerprint density at radius 2 is 2.00 bits per heavy atom. The predicted octanol–water partition coefficient (Wildman–Crippen LogP) is 4.49. The largest absolute Gasteiger partial charge is 0.456 e. The zero-order valence-electron chi connectivity index (χ0n) is 10.2. The first-order valence-corrected chi connectivity index (χ1v) is 6.72. The maximum atomic E-state index is 7.42. The molecular formula is C14H12BrClN2O. The van der Waals surface area contributed by atoms with Crippen molar-refractivity contribution in [3.8, 4) is 11.5 Å². The van der Waals surface area contributed by atoms with E-state index >= 15 is 0 Å². The molecule has 0 amide bonds. The van der Waals surface area contributed by atoms with E-state index in [0.29, 0.717) is 26.6 Å². The Morgan fingerprint density at radius 1 is 1.26 bits per heavy atom. The van der Waals surface area contributed by atoms with Crippen LogP contribution in [0.2, 0.25) is 5.02 Å². The topological polar surface area (TPSA) is 59.1 Å². The van der Waals surface area contributed by atoms with E-state index in [-0.39, 0.29) is 5.84 Å². The number of hydrogen-bond donors (Lipinski definition) is 2. The molecule has 0 saturated heterocycles. The van der Waals surface area contributed by atoms with E-state index in [4.69, 9.17) is 27.5 Å². The van der Waals surface area contributed by atoms with Crippen LogP contribution >= 0.6 is 27.5 Å². The molecule has 2 aromatic carbocycles. The lowest BCUT2D eigenvalue weighted by Gasteiger charge is -2.10. The van der Waals surface area contributed by atoms with E-state index < -0.39 is 0 Å². The van der Waals surface area contributed by atoms with Gasteiger partial charge in [0.2, 0.25) is 0 Å². The molecule has 3 N–H and O–H groups in total. The SMILES string of the molecule is Cc1ccc(Cl)c(Oc2ccc(C(=N)N)c(Br)c2)c1. The number of amidine groups is 1. The quantitative estimate of drug-likeness (QED) is 0.639. The molecule has 0 heterocycles. The van der Waals surface area contributed by atoms with Gasteiger partial charge in [-0.05, 0) is 58.7 Å². The number of nitrogens with two attached hydrogens (primary N) is 1. The minimum absolute atomic E-state index is 0.00649. The standard InChI is InChI=1S/C14H12BrClN2O/c1-8-2-5-12(16)13(6-8)19-9-3-4-10(14(17)18)11(15)7-9/h2-7H,1H3,(H3,17,18). The highest BCUT2D eigenvalue weighted by molar-refractivity contribution is 9.10. The number of hydrogen-bond acceptors (Lipinski definition) is 2. The van der Waals surface area contributed by atoms with Crippen molar-refractivity contribution >= 4 is 33.4 Å². The maximum absolute atomic E-state index is 7.42. The molecule has 5 heteroatoms. The summed E-state index contributed by atoms with van der Waals surface area (Å²) >= 11 is 9.44. The number of nitrogen functional groups attached to an aromatic ring is 1. The van der Waals surface area contributed by atoms with Crippen LogP contribution in [0.1, 0.15) is 11.1 Å². The molecular weight excluding hydrogens is 328 g/mol. The van der Waals surface area contributed by atoms with Crippen LogP contribution in [0.15, 0.2) is 40.9 Å². The molecule has 0 bridgehead atoms. The summed E-state index contributed by atoms with van der Waals surface area (Å²) in [5.41, 5.74) is 7.15. The molecule has 2 aromatic rings. The summed E-state index contributed by atoms with van der Waals surface area (Å²) in [6.07, 6.45) is 0. The Balaban J connectivity index is 2.31. The molecule has 0 aliphatic carbocycles. The number of benzene rings is 2. The number of aryl methyl sites for hydroxylation is 1. The molecule has 98 valence electrons. The average molecular weight is 340 g/mol. The van der Waals surface area contributed by atoms with Crippen LogP contribution in [0.5, 0.6) is 11.5 Å². The number of ether oxygens (including phenoxy) is 1. The molecule has 0 atom stereocenters. The van der Waals surface area contributed by atoms with Gasteiger partial charge in [-0.1, -0.05) is 17.7 Å². The third-order valence-corrected chi connectivity index (χ3v) is 3.51. The molecule has 3 nitrogen and oxygen atoms in total. The molecule has 0 unspecified atom stereocenters. The third kappa shape index (κ3) is 3.28. The predicted molar refractivity (Wildman–Crippen MR) is 81.4 cm³/mol. The van der Waals surface area contributed by atoms with Gasteiger partial charge in [-0.3, -0.25) is 5.41 Å². The molecule has 19 heavy (non-hydrogen) atoms. The van der Waals surface area contributed by atoms with Gasteiger partial charge < -0.3 is 10.5 Å². The fourth-order valence-corrected chi connectivity index (χ4v) is 2.32. The third-order valence-electron chi connectivity index (χ3n) is 2.55. The minimum atomic E-state index is 0.00649. The Kier molecular flexibility index (Phi) is 4.12. The van der Waals surface area contributed by atoms with Crippen molar-refractivity contribution in [2.45, 2.75) is 6.92 Å². The fraction of sp³-hybridized carbons (Fsp3) is 0.0714. The van der Waals surface area contributed by atoms with E-state index in [1.807, 2.05) is 19.1 Å². The number of halogens is 2. The van der Waals surface area contributed by atoms with Crippen molar-refractivity contribution in [1.82, 2.24) is 0 Å². The zero-order valence-corrected chi connectivity index (χ0v) is 12.5. The molecule has 2 rings (SSSR count). The van der Waals surface area contributed by atoms with Crippen molar-refractivity contribution in [2.75, 3.05) is 0 Å². The highest BCUT2D eigenvalue weighted by Gasteiger charge is 2.07. The van der Waals surface area contributed by atoms with Crippen LogP contribution in [-0.2, 0) is 0 Å². The van der Waals surface area contributed by atoms with Crippen LogP contribution in [-0.4, -0.2) is 5.84 Å². The summed E-state index contributed by atoms with van der Waals surface area (Å²) in [5, 5.41) is 7.97. The highest BCUT2D eigenvalue weighted by Crippen LogP contribution is 2.32. The van der Waals surface area contributed by atoms with Gasteiger partial charge in [0, 0.05) is 10.0 Å². The highest BCUT2D eigenvalue weighted by atomic mass is 79.9. The lowest BCUT2D eigenvalue weighted by molar-refractivity contribution is 0.482. The van der Waals surface area contributed by atoms with E-state index in [9.17, 15) is 0 Å². The van der Waals surface area contributed by atoms with Gasteiger partial charge in [-0.2, -0.15) is 0 Å². The second-order valence-electron chi connectivity index (χ2n) is 4.09. The Hall–Kier alpha value is -1.52. The van der Waals surface area contributed by atoms with Gasteiger partial charge >= 0.3 is 0 Å². The molecule has 0 aliphatic heterocycles. The number of nitrogens with one attached hydrogen (secondary N) is 1. The number of rotatable bonds is 3. The van der Waals surface area contributed by atoms with Crippen LogP contribution in [0.3, 0.4) is 0 Å². The van der Waals surface area contributed by atoms with E-state index in [1.165, 1.54) is 0 Å². The molecule has 0 saturated carbocycles. The van der Waals surface area contributed by atoms with Gasteiger partial charge in [0.05, 0.1) is 5.02 Å². The van der Waals surface area contributed by atoms with E-state index in [1.54, 1.807) is 24.3 Å². The summed E-state index contributed by atoms with van der Waals surface area (Å²) in [7, 11) is 0. The zero-order chi connectivity index (χ0) is 14.0. The van der Waals surface area contributed by atoms with Crippen LogP contribution in [0, 0.1) is 12.3 Å². The normalized spacial score (nSPS) is 10.3. The summed E-state index contributed by atoms with van der Waals surface area (Å²) < 4.78 is 6.44. The smallest absolute Gasteiger partial charge is 0.146 e. The van der Waals surface area contributed by atoms with Gasteiger partial charge in [0.25, 0.3) is 0 Å². The van der Waals surface area contributed by atoms with Gasteiger partial charge in [0.15, 0.2) is 0 Å². The first-order valence-electron chi connectivity index (χ1n) is 5.55. The van der Waals surface area contributed by atoms with Crippen molar-refractivity contribution in [3.05, 3.63) is 57.0 Å². The van der Waals surface area contributed by atoms with Crippen molar-refractivity contribution in [3.63, 3.8) is 0 Å². The lowest BCUT2D eigenvalue weighted by Crippen LogP contribution is -2.11. The first kappa shape index (κ1) is 13.9. The van der Waals surface area contributed by atoms with Crippen molar-refractivity contribution in [2.24, 2.45) is 5.73 Å². The second kappa shape index (κ2) is 5.63. The Morgan fingerprint density at radius 3 is 2.63 bits per heavy atom.